The fourth-order valence-corrected chi connectivity index (χ4v) is 2.85. The van der Waals surface area contributed by atoms with Gasteiger partial charge in [0.2, 0.25) is 0 Å². The van der Waals surface area contributed by atoms with Crippen molar-refractivity contribution in [2.75, 3.05) is 5.32 Å². The minimum Gasteiger partial charge on any atom is -0.377 e. The lowest BCUT2D eigenvalue weighted by Gasteiger charge is -2.17. The van der Waals surface area contributed by atoms with Crippen molar-refractivity contribution in [3.8, 4) is 0 Å². The van der Waals surface area contributed by atoms with Crippen LogP contribution in [0.4, 0.5) is 10.1 Å². The zero-order valence-corrected chi connectivity index (χ0v) is 11.8. The molecule has 0 saturated carbocycles. The average molecular weight is 306 g/mol. The molecule has 1 aromatic carbocycles. The second-order valence-electron chi connectivity index (χ2n) is 4.96. The van der Waals surface area contributed by atoms with Gasteiger partial charge in [0.05, 0.1) is 17.3 Å². The molecule has 0 spiro atoms. The summed E-state index contributed by atoms with van der Waals surface area (Å²) < 4.78 is 13.7. The molecule has 1 aromatic heterocycles. The number of nitrogens with zero attached hydrogens (tertiary/aromatic N) is 1. The van der Waals surface area contributed by atoms with Crippen molar-refractivity contribution in [3.05, 3.63) is 58.1 Å². The molecule has 2 aromatic rings. The van der Waals surface area contributed by atoms with Crippen LogP contribution in [0.2, 0.25) is 5.15 Å². The maximum Gasteiger partial charge on any atom is 0.252 e. The Labute approximate surface area is 126 Å². The van der Waals surface area contributed by atoms with Crippen molar-refractivity contribution in [3.63, 3.8) is 0 Å². The number of hydrogen-bond acceptors (Lipinski definition) is 3. The first-order chi connectivity index (χ1) is 10.1. The number of amides is 1. The van der Waals surface area contributed by atoms with E-state index in [2.05, 4.69) is 10.3 Å². The van der Waals surface area contributed by atoms with Crippen LogP contribution in [0.1, 0.15) is 33.9 Å². The Hall–Kier alpha value is -2.14. The van der Waals surface area contributed by atoms with Gasteiger partial charge >= 0.3 is 0 Å². The number of nitrogens with one attached hydrogen (secondary N) is 1. The van der Waals surface area contributed by atoms with Crippen molar-refractivity contribution < 1.29 is 9.18 Å². The zero-order valence-electron chi connectivity index (χ0n) is 11.1. The lowest BCUT2D eigenvalue weighted by molar-refractivity contribution is 0.100. The Morgan fingerprint density at radius 1 is 1.48 bits per heavy atom. The summed E-state index contributed by atoms with van der Waals surface area (Å²) >= 11 is 5.87. The molecule has 6 heteroatoms. The Balaban J connectivity index is 1.95. The summed E-state index contributed by atoms with van der Waals surface area (Å²) in [5.74, 6) is -0.779. The number of carbonyl (C=O) groups excluding carboxylic acids is 1. The molecular formula is C15H13ClFN3O. The van der Waals surface area contributed by atoms with Gasteiger partial charge in [-0.25, -0.2) is 9.37 Å². The van der Waals surface area contributed by atoms with Crippen molar-refractivity contribution >= 4 is 23.2 Å². The molecule has 0 aliphatic heterocycles. The predicted molar refractivity (Wildman–Crippen MR) is 78.8 cm³/mol. The molecule has 4 nitrogen and oxygen atoms in total. The molecule has 0 saturated heterocycles. The van der Waals surface area contributed by atoms with E-state index in [4.69, 9.17) is 17.3 Å². The number of primary amides is 1. The summed E-state index contributed by atoms with van der Waals surface area (Å²) in [6.45, 7) is 0. The third kappa shape index (κ3) is 2.56. The SMILES string of the molecule is NC(=O)c1cnc(Cl)cc1NC1CCc2c(F)cccc21. The van der Waals surface area contributed by atoms with Gasteiger partial charge in [-0.15, -0.1) is 0 Å². The lowest BCUT2D eigenvalue weighted by Crippen LogP contribution is -2.16. The fraction of sp³-hybridized carbons (Fsp3) is 0.200. The summed E-state index contributed by atoms with van der Waals surface area (Å²) in [6.07, 6.45) is 2.74. The number of fused-ring (bicyclic) bond motifs is 1. The van der Waals surface area contributed by atoms with Gasteiger partial charge < -0.3 is 11.1 Å². The highest BCUT2D eigenvalue weighted by molar-refractivity contribution is 6.29. The van der Waals surface area contributed by atoms with E-state index < -0.39 is 5.91 Å². The van der Waals surface area contributed by atoms with Crippen LogP contribution in [-0.4, -0.2) is 10.9 Å². The highest BCUT2D eigenvalue weighted by Crippen LogP contribution is 2.36. The van der Waals surface area contributed by atoms with E-state index in [1.54, 1.807) is 12.1 Å². The fourth-order valence-electron chi connectivity index (χ4n) is 2.69. The molecule has 0 radical (unpaired) electrons. The number of carbonyl (C=O) groups is 1. The molecule has 0 bridgehead atoms. The molecule has 3 rings (SSSR count). The summed E-state index contributed by atoms with van der Waals surface area (Å²) in [6, 6.07) is 6.50. The standard InChI is InChI=1S/C15H13ClFN3O/c16-14-6-13(10(7-19-14)15(18)21)20-12-5-4-8-9(12)2-1-3-11(8)17/h1-3,6-7,12H,4-5H2,(H2,18,21)(H,19,20). The third-order valence-electron chi connectivity index (χ3n) is 3.68. The molecule has 1 unspecified atom stereocenters. The topological polar surface area (TPSA) is 68.0 Å². The largest absolute Gasteiger partial charge is 0.377 e. The second kappa shape index (κ2) is 5.33. The molecule has 3 N–H and O–H groups in total. The number of benzene rings is 1. The molecule has 1 aliphatic carbocycles. The number of anilines is 1. The van der Waals surface area contributed by atoms with Crippen LogP contribution in [0, 0.1) is 5.82 Å². The normalized spacial score (nSPS) is 16.6. The van der Waals surface area contributed by atoms with Gasteiger partial charge in [-0.05, 0) is 36.1 Å². The minimum atomic E-state index is -0.584. The van der Waals surface area contributed by atoms with E-state index in [1.165, 1.54) is 12.3 Å². The van der Waals surface area contributed by atoms with Crippen LogP contribution < -0.4 is 11.1 Å². The van der Waals surface area contributed by atoms with Crippen LogP contribution >= 0.6 is 11.6 Å². The minimum absolute atomic E-state index is 0.0766. The quantitative estimate of drug-likeness (QED) is 0.856. The average Bonchev–Trinajstić information content (AvgIpc) is 2.83. The molecule has 21 heavy (non-hydrogen) atoms. The van der Waals surface area contributed by atoms with Crippen LogP contribution in [-0.2, 0) is 6.42 Å². The molecule has 1 heterocycles. The highest BCUT2D eigenvalue weighted by Gasteiger charge is 2.25. The van der Waals surface area contributed by atoms with E-state index in [9.17, 15) is 9.18 Å². The molecule has 1 aliphatic rings. The summed E-state index contributed by atoms with van der Waals surface area (Å²) in [4.78, 5) is 15.3. The molecule has 1 atom stereocenters. The van der Waals surface area contributed by atoms with E-state index in [0.717, 1.165) is 17.5 Å². The maximum absolute atomic E-state index is 13.7. The maximum atomic E-state index is 13.7. The lowest BCUT2D eigenvalue weighted by atomic mass is 10.1. The number of hydrogen-bond donors (Lipinski definition) is 2. The van der Waals surface area contributed by atoms with Crippen molar-refractivity contribution in [1.29, 1.82) is 0 Å². The second-order valence-corrected chi connectivity index (χ2v) is 5.35. The molecule has 108 valence electrons. The van der Waals surface area contributed by atoms with Crippen molar-refractivity contribution in [2.24, 2.45) is 5.73 Å². The van der Waals surface area contributed by atoms with Crippen LogP contribution in [0.3, 0.4) is 0 Å². The first kappa shape index (κ1) is 13.8. The van der Waals surface area contributed by atoms with Crippen LogP contribution in [0.15, 0.2) is 30.5 Å². The Morgan fingerprint density at radius 3 is 3.05 bits per heavy atom. The highest BCUT2D eigenvalue weighted by atomic mass is 35.5. The monoisotopic (exact) mass is 305 g/mol. The molecular weight excluding hydrogens is 293 g/mol. The summed E-state index contributed by atoms with van der Waals surface area (Å²) in [7, 11) is 0. The van der Waals surface area contributed by atoms with Crippen LogP contribution in [0.25, 0.3) is 0 Å². The number of halogens is 2. The Morgan fingerprint density at radius 2 is 2.29 bits per heavy atom. The first-order valence-corrected chi connectivity index (χ1v) is 6.93. The Kier molecular flexibility index (Phi) is 3.51. The Bertz CT molecular complexity index is 720. The van der Waals surface area contributed by atoms with Gasteiger partial charge in [-0.2, -0.15) is 0 Å². The van der Waals surface area contributed by atoms with Crippen molar-refractivity contribution in [1.82, 2.24) is 4.98 Å². The molecule has 0 fully saturated rings. The van der Waals surface area contributed by atoms with E-state index in [0.29, 0.717) is 12.1 Å². The number of rotatable bonds is 3. The predicted octanol–water partition coefficient (Wildman–Crippen LogP) is 3.07. The van der Waals surface area contributed by atoms with Gasteiger partial charge in [-0.1, -0.05) is 23.7 Å². The third-order valence-corrected chi connectivity index (χ3v) is 3.89. The molecule has 1 amide bonds. The van der Waals surface area contributed by atoms with Gasteiger partial charge in [0.25, 0.3) is 5.91 Å². The van der Waals surface area contributed by atoms with Crippen LogP contribution in [0.5, 0.6) is 0 Å². The number of pyridine rings is 1. The first-order valence-electron chi connectivity index (χ1n) is 6.55. The van der Waals surface area contributed by atoms with E-state index in [-0.39, 0.29) is 22.6 Å². The van der Waals surface area contributed by atoms with Gasteiger partial charge in [0, 0.05) is 6.20 Å². The van der Waals surface area contributed by atoms with Gasteiger partial charge in [0.15, 0.2) is 0 Å². The van der Waals surface area contributed by atoms with E-state index in [1.807, 2.05) is 6.07 Å². The summed E-state index contributed by atoms with van der Waals surface area (Å²) in [5.41, 5.74) is 7.74. The smallest absolute Gasteiger partial charge is 0.252 e. The van der Waals surface area contributed by atoms with Gasteiger partial charge in [-0.3, -0.25) is 4.79 Å². The van der Waals surface area contributed by atoms with Gasteiger partial charge in [0.1, 0.15) is 11.0 Å². The number of aromatic nitrogens is 1. The van der Waals surface area contributed by atoms with Crippen molar-refractivity contribution in [2.45, 2.75) is 18.9 Å². The van der Waals surface area contributed by atoms with E-state index >= 15 is 0 Å². The zero-order chi connectivity index (χ0) is 15.0. The summed E-state index contributed by atoms with van der Waals surface area (Å²) in [5, 5.41) is 3.49. The number of nitrogens with two attached hydrogens (primary N) is 1.